The van der Waals surface area contributed by atoms with Gasteiger partial charge in [-0.25, -0.2) is 5.84 Å². The summed E-state index contributed by atoms with van der Waals surface area (Å²) in [4.78, 5) is 14.0. The zero-order valence-electron chi connectivity index (χ0n) is 11.9. The summed E-state index contributed by atoms with van der Waals surface area (Å²) >= 11 is 0. The Kier molecular flexibility index (Phi) is 3.81. The smallest absolute Gasteiger partial charge is 0.301 e. The number of nitrogens with one attached hydrogen (secondary N) is 1. The highest BCUT2D eigenvalue weighted by molar-refractivity contribution is 5.92. The van der Waals surface area contributed by atoms with Crippen LogP contribution in [-0.2, 0) is 6.54 Å². The molecule has 2 heterocycles. The summed E-state index contributed by atoms with van der Waals surface area (Å²) in [6.07, 6.45) is 9.78. The molecule has 5 heteroatoms. The summed E-state index contributed by atoms with van der Waals surface area (Å²) in [6.45, 7) is 3.01. The Morgan fingerprint density at radius 2 is 2.00 bits per heavy atom. The molecule has 1 saturated heterocycles. The van der Waals surface area contributed by atoms with Gasteiger partial charge < -0.3 is 4.42 Å². The van der Waals surface area contributed by atoms with E-state index in [-0.39, 0.29) is 5.91 Å². The van der Waals surface area contributed by atoms with Gasteiger partial charge in [-0.05, 0) is 50.3 Å². The van der Waals surface area contributed by atoms with E-state index in [9.17, 15) is 4.79 Å². The Morgan fingerprint density at radius 3 is 2.65 bits per heavy atom. The van der Waals surface area contributed by atoms with E-state index in [1.807, 2.05) is 6.07 Å². The maximum absolute atomic E-state index is 11.6. The minimum Gasteiger partial charge on any atom is -0.459 e. The van der Waals surface area contributed by atoms with Gasteiger partial charge in [0.2, 0.25) is 0 Å². The summed E-state index contributed by atoms with van der Waals surface area (Å²) in [7, 11) is 0. The molecule has 5 nitrogen and oxygen atoms in total. The molecule has 1 spiro atoms. The van der Waals surface area contributed by atoms with Gasteiger partial charge in [0.25, 0.3) is 0 Å². The number of nitrogens with two attached hydrogens (primary N) is 1. The van der Waals surface area contributed by atoms with Crippen LogP contribution in [0.5, 0.6) is 0 Å². The number of nitrogens with zero attached hydrogens (tertiary/aromatic N) is 1. The number of likely N-dealkylation sites (tertiary alicyclic amines) is 1. The van der Waals surface area contributed by atoms with Crippen LogP contribution in [0.2, 0.25) is 0 Å². The van der Waals surface area contributed by atoms with Gasteiger partial charge >= 0.3 is 5.91 Å². The van der Waals surface area contributed by atoms with Crippen LogP contribution in [0.4, 0.5) is 0 Å². The number of carbonyl (C=O) groups is 1. The quantitative estimate of drug-likeness (QED) is 0.504. The van der Waals surface area contributed by atoms with Crippen LogP contribution in [-0.4, -0.2) is 23.9 Å². The minimum atomic E-state index is -0.353. The summed E-state index contributed by atoms with van der Waals surface area (Å²) in [5.74, 6) is 5.16. The summed E-state index contributed by atoms with van der Waals surface area (Å²) in [5.41, 5.74) is 3.69. The van der Waals surface area contributed by atoms with Gasteiger partial charge in [0.1, 0.15) is 0 Å². The lowest BCUT2D eigenvalue weighted by atomic mass is 9.77. The summed E-state index contributed by atoms with van der Waals surface area (Å²) < 4.78 is 5.23. The van der Waals surface area contributed by atoms with Crippen molar-refractivity contribution in [3.05, 3.63) is 23.7 Å². The molecule has 0 radical (unpaired) electrons. The van der Waals surface area contributed by atoms with E-state index in [1.165, 1.54) is 38.5 Å². The molecule has 1 aromatic heterocycles. The van der Waals surface area contributed by atoms with Crippen molar-refractivity contribution in [2.45, 2.75) is 45.1 Å². The lowest BCUT2D eigenvalue weighted by molar-refractivity contribution is 0.0909. The number of hydrogen-bond acceptors (Lipinski definition) is 4. The number of nitrogen functional groups attached to an aromatic ring is 1. The third-order valence-electron chi connectivity index (χ3n) is 5.06. The number of rotatable bonds is 3. The first-order valence-electron chi connectivity index (χ1n) is 7.52. The van der Waals surface area contributed by atoms with Crippen LogP contribution in [0.1, 0.15) is 54.6 Å². The van der Waals surface area contributed by atoms with Gasteiger partial charge in [0.05, 0.1) is 6.26 Å². The van der Waals surface area contributed by atoms with E-state index in [2.05, 4.69) is 10.3 Å². The van der Waals surface area contributed by atoms with Crippen molar-refractivity contribution in [1.82, 2.24) is 10.3 Å². The molecule has 0 atom stereocenters. The molecule has 110 valence electrons. The largest absolute Gasteiger partial charge is 0.459 e. The second kappa shape index (κ2) is 5.58. The highest BCUT2D eigenvalue weighted by Crippen LogP contribution is 2.46. The van der Waals surface area contributed by atoms with Crippen LogP contribution in [0.25, 0.3) is 0 Å². The molecule has 0 unspecified atom stereocenters. The van der Waals surface area contributed by atoms with E-state index < -0.39 is 0 Å². The maximum atomic E-state index is 11.6. The maximum Gasteiger partial charge on any atom is 0.301 e. The third-order valence-corrected chi connectivity index (χ3v) is 5.06. The molecular formula is C15H23N3O2. The normalized spacial score (nSPS) is 22.2. The van der Waals surface area contributed by atoms with Crippen LogP contribution in [0.15, 0.2) is 16.7 Å². The average Bonchev–Trinajstić information content (AvgIpc) is 3.11. The molecule has 0 aromatic carbocycles. The molecule has 2 fully saturated rings. The Bertz CT molecular complexity index is 467. The van der Waals surface area contributed by atoms with Gasteiger partial charge in [-0.15, -0.1) is 0 Å². The number of furan rings is 1. The number of hydrazine groups is 1. The van der Waals surface area contributed by atoms with Crippen molar-refractivity contribution in [3.8, 4) is 0 Å². The molecule has 1 aliphatic heterocycles. The topological polar surface area (TPSA) is 71.5 Å². The lowest BCUT2D eigenvalue weighted by Crippen LogP contribution is -2.38. The highest BCUT2D eigenvalue weighted by atomic mass is 16.3. The minimum absolute atomic E-state index is 0.341. The van der Waals surface area contributed by atoms with Crippen molar-refractivity contribution in [2.24, 2.45) is 11.3 Å². The van der Waals surface area contributed by atoms with Crippen molar-refractivity contribution < 1.29 is 9.21 Å². The molecule has 1 aliphatic carbocycles. The van der Waals surface area contributed by atoms with Gasteiger partial charge in [0, 0.05) is 12.1 Å². The first kappa shape index (κ1) is 13.6. The van der Waals surface area contributed by atoms with Crippen LogP contribution in [0.3, 0.4) is 0 Å². The molecule has 1 saturated carbocycles. The predicted molar refractivity (Wildman–Crippen MR) is 75.8 cm³/mol. The molecule has 2 aliphatic rings. The van der Waals surface area contributed by atoms with E-state index in [4.69, 9.17) is 10.3 Å². The summed E-state index contributed by atoms with van der Waals surface area (Å²) in [5, 5.41) is 0. The first-order chi connectivity index (χ1) is 9.72. The van der Waals surface area contributed by atoms with Gasteiger partial charge in [0.15, 0.2) is 5.76 Å². The number of hydrogen-bond donors (Lipinski definition) is 2. The number of piperidine rings is 1. The Hall–Kier alpha value is -1.33. The molecule has 0 bridgehead atoms. The molecule has 1 aromatic rings. The lowest BCUT2D eigenvalue weighted by Gasteiger charge is -2.39. The Balaban J connectivity index is 1.60. The van der Waals surface area contributed by atoms with Crippen LogP contribution < -0.4 is 11.3 Å². The highest BCUT2D eigenvalue weighted by Gasteiger charge is 2.37. The first-order valence-corrected chi connectivity index (χ1v) is 7.52. The SMILES string of the molecule is NNC(=O)c1occc1CN1CCC2(CCCC2)CC1. The van der Waals surface area contributed by atoms with Crippen molar-refractivity contribution in [1.29, 1.82) is 0 Å². The van der Waals surface area contributed by atoms with Gasteiger partial charge in [-0.2, -0.15) is 0 Å². The average molecular weight is 277 g/mol. The standard InChI is InChI=1S/C15H23N3O2/c16-17-14(19)13-12(3-10-20-13)11-18-8-6-15(7-9-18)4-1-2-5-15/h3,10H,1-2,4-9,11,16H2,(H,17,19). The predicted octanol–water partition coefficient (Wildman–Crippen LogP) is 2.04. The van der Waals surface area contributed by atoms with Crippen molar-refractivity contribution in [3.63, 3.8) is 0 Å². The molecule has 1 amide bonds. The summed E-state index contributed by atoms with van der Waals surface area (Å²) in [6, 6.07) is 1.87. The van der Waals surface area contributed by atoms with Crippen LogP contribution >= 0.6 is 0 Å². The molecular weight excluding hydrogens is 254 g/mol. The number of carbonyl (C=O) groups excluding carboxylic acids is 1. The van der Waals surface area contributed by atoms with E-state index in [0.717, 1.165) is 25.2 Å². The monoisotopic (exact) mass is 277 g/mol. The van der Waals surface area contributed by atoms with Gasteiger partial charge in [-0.3, -0.25) is 15.1 Å². The Labute approximate surface area is 119 Å². The number of amides is 1. The van der Waals surface area contributed by atoms with Gasteiger partial charge in [-0.1, -0.05) is 12.8 Å². The van der Waals surface area contributed by atoms with Crippen LogP contribution in [0, 0.1) is 5.41 Å². The van der Waals surface area contributed by atoms with E-state index >= 15 is 0 Å². The molecule has 3 N–H and O–H groups in total. The second-order valence-corrected chi connectivity index (χ2v) is 6.23. The van der Waals surface area contributed by atoms with E-state index in [0.29, 0.717) is 11.2 Å². The molecule has 3 rings (SSSR count). The zero-order chi connectivity index (χ0) is 14.0. The third kappa shape index (κ3) is 2.60. The fourth-order valence-corrected chi connectivity index (χ4v) is 3.78. The second-order valence-electron chi connectivity index (χ2n) is 6.23. The van der Waals surface area contributed by atoms with Crippen molar-refractivity contribution >= 4 is 5.91 Å². The fourth-order valence-electron chi connectivity index (χ4n) is 3.78. The molecule has 20 heavy (non-hydrogen) atoms. The van der Waals surface area contributed by atoms with Crippen molar-refractivity contribution in [2.75, 3.05) is 13.1 Å². The fraction of sp³-hybridized carbons (Fsp3) is 0.667. The zero-order valence-corrected chi connectivity index (χ0v) is 11.9. The van der Waals surface area contributed by atoms with E-state index in [1.54, 1.807) is 6.26 Å². The Morgan fingerprint density at radius 1 is 1.30 bits per heavy atom.